The molecule has 45 heavy (non-hydrogen) atoms. The summed E-state index contributed by atoms with van der Waals surface area (Å²) >= 11 is 0. The zero-order valence-electron chi connectivity index (χ0n) is 25.2. The third-order valence-electron chi connectivity index (χ3n) is 8.40. The predicted molar refractivity (Wildman–Crippen MR) is 194 cm³/mol. The molecule has 2 nitrogen and oxygen atoms in total. The molecule has 1 heterocycles. The normalized spacial score (nSPS) is 11.8. The van der Waals surface area contributed by atoms with Gasteiger partial charge in [-0.15, -0.1) is 0 Å². The van der Waals surface area contributed by atoms with Gasteiger partial charge in [0.05, 0.1) is 0 Å². The van der Waals surface area contributed by atoms with Crippen molar-refractivity contribution < 1.29 is 0 Å². The second-order valence-electron chi connectivity index (χ2n) is 11.1. The number of benzene rings is 6. The molecule has 0 bridgehead atoms. The van der Waals surface area contributed by atoms with Gasteiger partial charge < -0.3 is 0 Å². The van der Waals surface area contributed by atoms with Crippen molar-refractivity contribution in [2.75, 3.05) is 7.05 Å². The minimum Gasteiger partial charge on any atom is -0.296 e. The summed E-state index contributed by atoms with van der Waals surface area (Å²) in [5.41, 5.74) is 11.7. The number of hydrogen-bond acceptors (Lipinski definition) is 2. The number of pyridine rings is 1. The molecule has 0 aliphatic rings. The maximum Gasteiger partial charge on any atom is 0.0277 e. The predicted octanol–water partition coefficient (Wildman–Crippen LogP) is 11.3. The third-order valence-corrected chi connectivity index (χ3v) is 8.40. The lowest BCUT2D eigenvalue weighted by atomic mass is 9.84. The van der Waals surface area contributed by atoms with Gasteiger partial charge in [-0.05, 0) is 114 Å². The van der Waals surface area contributed by atoms with Crippen molar-refractivity contribution in [1.29, 1.82) is 0 Å². The van der Waals surface area contributed by atoms with E-state index in [1.54, 1.807) is 7.05 Å². The monoisotopic (exact) mass is 576 g/mol. The summed E-state index contributed by atoms with van der Waals surface area (Å²) in [4.78, 5) is 8.39. The van der Waals surface area contributed by atoms with Crippen LogP contribution in [0.15, 0.2) is 170 Å². The zero-order valence-corrected chi connectivity index (χ0v) is 25.2. The zero-order chi connectivity index (χ0) is 30.6. The smallest absolute Gasteiger partial charge is 0.0277 e. The first-order valence-electron chi connectivity index (χ1n) is 15.2. The second kappa shape index (κ2) is 12.4. The van der Waals surface area contributed by atoms with Gasteiger partial charge >= 0.3 is 0 Å². The van der Waals surface area contributed by atoms with E-state index in [1.807, 2.05) is 30.8 Å². The Kier molecular flexibility index (Phi) is 7.70. The highest BCUT2D eigenvalue weighted by Gasteiger charge is 2.18. The van der Waals surface area contributed by atoms with Crippen molar-refractivity contribution in [3.63, 3.8) is 0 Å². The molecule has 7 rings (SSSR count). The molecule has 0 saturated carbocycles. The fraction of sp³-hybridized carbons (Fsp3) is 0.0233. The molecule has 0 N–H and O–H groups in total. The van der Waals surface area contributed by atoms with Gasteiger partial charge in [-0.2, -0.15) is 0 Å². The van der Waals surface area contributed by atoms with Crippen LogP contribution in [-0.4, -0.2) is 18.2 Å². The Hall–Kier alpha value is -5.86. The first-order valence-corrected chi connectivity index (χ1v) is 15.2. The quantitative estimate of drug-likeness (QED) is 0.105. The van der Waals surface area contributed by atoms with Gasteiger partial charge in [0, 0.05) is 25.7 Å². The molecule has 6 aromatic carbocycles. The Morgan fingerprint density at radius 2 is 1.11 bits per heavy atom. The van der Waals surface area contributed by atoms with Gasteiger partial charge in [-0.25, -0.2) is 0 Å². The molecule has 0 unspecified atom stereocenters. The second-order valence-corrected chi connectivity index (χ2v) is 11.1. The van der Waals surface area contributed by atoms with E-state index in [1.165, 1.54) is 60.5 Å². The molecule has 0 aliphatic heterocycles. The van der Waals surface area contributed by atoms with Gasteiger partial charge in [0.25, 0.3) is 0 Å². The van der Waals surface area contributed by atoms with E-state index in [4.69, 9.17) is 0 Å². The Bertz CT molecular complexity index is 2220. The minimum atomic E-state index is 1.03. The molecule has 2 heteroatoms. The molecule has 0 atom stereocenters. The fourth-order valence-electron chi connectivity index (χ4n) is 6.30. The number of aromatic nitrogens is 1. The van der Waals surface area contributed by atoms with E-state index in [0.29, 0.717) is 0 Å². The Labute approximate surface area is 264 Å². The third kappa shape index (κ3) is 5.39. The molecule has 0 saturated heterocycles. The number of nitrogens with zero attached hydrogens (tertiary/aromatic N) is 2. The number of rotatable bonds is 7. The van der Waals surface area contributed by atoms with Crippen LogP contribution in [0.4, 0.5) is 0 Å². The molecule has 1 aromatic heterocycles. The van der Waals surface area contributed by atoms with Crippen LogP contribution >= 0.6 is 0 Å². The summed E-state index contributed by atoms with van der Waals surface area (Å²) < 4.78 is 0. The highest BCUT2D eigenvalue weighted by molar-refractivity contribution is 6.22. The summed E-state index contributed by atoms with van der Waals surface area (Å²) in [6.07, 6.45) is 9.41. The molecule has 214 valence electrons. The standard InChI is InChI=1S/C43H32N2/c1-3-30(21-24-44-2)33-13-9-15-36(27-33)42-38-17-7-8-18-39(38)43(37-16-10-14-34(28-37)32-22-25-45-26-23-32)41-29-35(19-20-40(41)42)31-11-5-4-6-12-31/h3-29H,1H2,2H3/b30-21+,44-24?. The molecule has 0 amide bonds. The van der Waals surface area contributed by atoms with Gasteiger partial charge in [0.15, 0.2) is 0 Å². The lowest BCUT2D eigenvalue weighted by molar-refractivity contribution is 1.33. The lowest BCUT2D eigenvalue weighted by Crippen LogP contribution is -1.93. The number of aliphatic imine (C=N–C) groups is 1. The van der Waals surface area contributed by atoms with E-state index in [9.17, 15) is 0 Å². The van der Waals surface area contributed by atoms with E-state index in [-0.39, 0.29) is 0 Å². The number of allylic oxidation sites excluding steroid dienone is 3. The Morgan fingerprint density at radius 3 is 1.84 bits per heavy atom. The summed E-state index contributed by atoms with van der Waals surface area (Å²) in [5.74, 6) is 0. The van der Waals surface area contributed by atoms with Crippen LogP contribution in [0.25, 0.3) is 71.6 Å². The molecular weight excluding hydrogens is 544 g/mol. The van der Waals surface area contributed by atoms with Crippen molar-refractivity contribution in [1.82, 2.24) is 4.98 Å². The number of fused-ring (bicyclic) bond motifs is 2. The molecule has 0 radical (unpaired) electrons. The van der Waals surface area contributed by atoms with Crippen molar-refractivity contribution >= 4 is 33.3 Å². The van der Waals surface area contributed by atoms with Crippen molar-refractivity contribution in [3.05, 3.63) is 170 Å². The maximum absolute atomic E-state index is 4.23. The van der Waals surface area contributed by atoms with Crippen LogP contribution in [-0.2, 0) is 0 Å². The highest BCUT2D eigenvalue weighted by atomic mass is 14.6. The molecule has 7 aromatic rings. The van der Waals surface area contributed by atoms with Crippen LogP contribution in [0.2, 0.25) is 0 Å². The first kappa shape index (κ1) is 27.9. The minimum absolute atomic E-state index is 1.03. The van der Waals surface area contributed by atoms with Crippen LogP contribution in [0, 0.1) is 0 Å². The van der Waals surface area contributed by atoms with E-state index >= 15 is 0 Å². The van der Waals surface area contributed by atoms with Crippen molar-refractivity contribution in [2.45, 2.75) is 0 Å². The van der Waals surface area contributed by atoms with E-state index in [2.05, 4.69) is 150 Å². The van der Waals surface area contributed by atoms with Crippen LogP contribution < -0.4 is 0 Å². The SMILES string of the molecule is C=C/C(=C\C=NC)c1cccc(-c2c3ccccc3c(-c3cccc(-c4ccncc4)c3)c3cc(-c4ccccc4)ccc23)c1. The van der Waals surface area contributed by atoms with Crippen molar-refractivity contribution in [2.24, 2.45) is 4.99 Å². The first-order chi connectivity index (χ1) is 22.2. The van der Waals surface area contributed by atoms with Crippen LogP contribution in [0.1, 0.15) is 5.56 Å². The van der Waals surface area contributed by atoms with Gasteiger partial charge in [-0.1, -0.05) is 116 Å². The molecule has 0 fully saturated rings. The van der Waals surface area contributed by atoms with Gasteiger partial charge in [0.1, 0.15) is 0 Å². The maximum atomic E-state index is 4.23. The topological polar surface area (TPSA) is 25.2 Å². The van der Waals surface area contributed by atoms with Crippen LogP contribution in [0.5, 0.6) is 0 Å². The van der Waals surface area contributed by atoms with Gasteiger partial charge in [-0.3, -0.25) is 9.98 Å². The lowest BCUT2D eigenvalue weighted by Gasteiger charge is -2.19. The molecule has 0 aliphatic carbocycles. The Morgan fingerprint density at radius 1 is 0.533 bits per heavy atom. The van der Waals surface area contributed by atoms with Crippen molar-refractivity contribution in [3.8, 4) is 44.5 Å². The average Bonchev–Trinajstić information content (AvgIpc) is 3.11. The van der Waals surface area contributed by atoms with Crippen LogP contribution in [0.3, 0.4) is 0 Å². The summed E-state index contributed by atoms with van der Waals surface area (Å²) in [7, 11) is 1.78. The number of hydrogen-bond donors (Lipinski definition) is 0. The van der Waals surface area contributed by atoms with E-state index < -0.39 is 0 Å². The molecular formula is C43H32N2. The largest absolute Gasteiger partial charge is 0.296 e. The molecule has 0 spiro atoms. The Balaban J connectivity index is 1.56. The summed E-state index contributed by atoms with van der Waals surface area (Å²) in [6, 6.07) is 48.1. The summed E-state index contributed by atoms with van der Waals surface area (Å²) in [6.45, 7) is 4.07. The highest BCUT2D eigenvalue weighted by Crippen LogP contribution is 2.45. The summed E-state index contributed by atoms with van der Waals surface area (Å²) in [5, 5.41) is 4.88. The van der Waals surface area contributed by atoms with E-state index in [0.717, 1.165) is 16.7 Å². The fourth-order valence-corrected chi connectivity index (χ4v) is 6.30. The van der Waals surface area contributed by atoms with Gasteiger partial charge in [0.2, 0.25) is 0 Å². The average molecular weight is 577 g/mol.